The van der Waals surface area contributed by atoms with Gasteiger partial charge in [0, 0.05) is 19.2 Å². The summed E-state index contributed by atoms with van der Waals surface area (Å²) in [5.74, 6) is -0.502. The highest BCUT2D eigenvalue weighted by molar-refractivity contribution is 6.06. The highest BCUT2D eigenvalue weighted by Gasteiger charge is 2.11. The van der Waals surface area contributed by atoms with E-state index in [1.807, 2.05) is 13.8 Å². The van der Waals surface area contributed by atoms with Gasteiger partial charge in [-0.25, -0.2) is 0 Å². The average Bonchev–Trinajstić information content (AvgIpc) is 2.35. The quantitative estimate of drug-likeness (QED) is 0.698. The van der Waals surface area contributed by atoms with Crippen molar-refractivity contribution in [2.24, 2.45) is 5.73 Å². The van der Waals surface area contributed by atoms with E-state index in [1.165, 1.54) is 6.08 Å². The molecule has 0 aromatic heterocycles. The Kier molecular flexibility index (Phi) is 5.75. The smallest absolute Gasteiger partial charge is 0.253 e. The molecule has 1 aromatic rings. The fourth-order valence-corrected chi connectivity index (χ4v) is 1.50. The number of para-hydroxylation sites is 1. The molecule has 0 unspecified atom stereocenters. The third-order valence-corrected chi connectivity index (χ3v) is 2.28. The van der Waals surface area contributed by atoms with Gasteiger partial charge in [0.05, 0.1) is 11.3 Å². The third-order valence-electron chi connectivity index (χ3n) is 2.28. The molecule has 19 heavy (non-hydrogen) atoms. The summed E-state index contributed by atoms with van der Waals surface area (Å²) in [5.41, 5.74) is 7.14. The molecule has 1 rings (SSSR count). The molecule has 0 saturated carbocycles. The number of amides is 2. The van der Waals surface area contributed by atoms with Gasteiger partial charge in [0.25, 0.3) is 5.91 Å². The molecule has 0 heterocycles. The van der Waals surface area contributed by atoms with Crippen molar-refractivity contribution in [3.05, 3.63) is 41.5 Å². The van der Waals surface area contributed by atoms with E-state index in [0.717, 1.165) is 5.57 Å². The molecular formula is C14H19N3O2. The van der Waals surface area contributed by atoms with Gasteiger partial charge in [0.15, 0.2) is 0 Å². The molecule has 0 aliphatic rings. The number of benzene rings is 1. The number of hydrogen-bond acceptors (Lipinski definition) is 3. The van der Waals surface area contributed by atoms with Crippen molar-refractivity contribution in [1.29, 1.82) is 0 Å². The Morgan fingerprint density at radius 1 is 1.26 bits per heavy atom. The Bertz CT molecular complexity index is 491. The normalized spacial score (nSPS) is 9.63. The van der Waals surface area contributed by atoms with Crippen molar-refractivity contribution in [3.63, 3.8) is 0 Å². The van der Waals surface area contributed by atoms with Crippen LogP contribution in [0.15, 0.2) is 35.9 Å². The number of hydrogen-bond donors (Lipinski definition) is 3. The van der Waals surface area contributed by atoms with Crippen molar-refractivity contribution in [1.82, 2.24) is 5.32 Å². The molecule has 0 spiro atoms. The van der Waals surface area contributed by atoms with Crippen molar-refractivity contribution < 1.29 is 9.59 Å². The van der Waals surface area contributed by atoms with Crippen molar-refractivity contribution in [2.75, 3.05) is 18.4 Å². The first kappa shape index (κ1) is 14.9. The first-order valence-corrected chi connectivity index (χ1v) is 6.07. The maximum absolute atomic E-state index is 11.9. The number of rotatable bonds is 5. The molecule has 5 nitrogen and oxygen atoms in total. The van der Waals surface area contributed by atoms with Crippen LogP contribution in [0.1, 0.15) is 24.2 Å². The second-order valence-corrected chi connectivity index (χ2v) is 4.30. The minimum Gasteiger partial charge on any atom is -0.351 e. The van der Waals surface area contributed by atoms with Crippen LogP contribution >= 0.6 is 0 Å². The summed E-state index contributed by atoms with van der Waals surface area (Å²) in [6, 6.07) is 6.85. The second kappa shape index (κ2) is 7.33. The molecule has 0 atom stereocenters. The Morgan fingerprint density at radius 2 is 1.95 bits per heavy atom. The summed E-state index contributed by atoms with van der Waals surface area (Å²) in [6.45, 7) is 4.44. The van der Waals surface area contributed by atoms with Gasteiger partial charge in [-0.3, -0.25) is 9.59 Å². The van der Waals surface area contributed by atoms with Crippen molar-refractivity contribution in [3.8, 4) is 0 Å². The van der Waals surface area contributed by atoms with Gasteiger partial charge in [-0.15, -0.1) is 0 Å². The molecule has 102 valence electrons. The summed E-state index contributed by atoms with van der Waals surface area (Å²) < 4.78 is 0. The van der Waals surface area contributed by atoms with Gasteiger partial charge >= 0.3 is 0 Å². The molecule has 2 amide bonds. The Balaban J connectivity index is 2.87. The maximum Gasteiger partial charge on any atom is 0.253 e. The van der Waals surface area contributed by atoms with Crippen LogP contribution in [0, 0.1) is 0 Å². The fourth-order valence-electron chi connectivity index (χ4n) is 1.50. The van der Waals surface area contributed by atoms with Gasteiger partial charge in [0.1, 0.15) is 0 Å². The monoisotopic (exact) mass is 261 g/mol. The van der Waals surface area contributed by atoms with Crippen LogP contribution in [-0.2, 0) is 4.79 Å². The average molecular weight is 261 g/mol. The molecule has 0 radical (unpaired) electrons. The lowest BCUT2D eigenvalue weighted by molar-refractivity contribution is -0.111. The molecular weight excluding hydrogens is 242 g/mol. The van der Waals surface area contributed by atoms with E-state index in [4.69, 9.17) is 5.73 Å². The lowest BCUT2D eigenvalue weighted by atomic mass is 10.1. The van der Waals surface area contributed by atoms with E-state index >= 15 is 0 Å². The summed E-state index contributed by atoms with van der Waals surface area (Å²) in [6.07, 6.45) is 1.48. The summed E-state index contributed by atoms with van der Waals surface area (Å²) in [7, 11) is 0. The summed E-state index contributed by atoms with van der Waals surface area (Å²) in [5, 5.41) is 5.36. The largest absolute Gasteiger partial charge is 0.351 e. The van der Waals surface area contributed by atoms with Gasteiger partial charge in [-0.05, 0) is 26.0 Å². The molecule has 1 aromatic carbocycles. The molecule has 0 aliphatic heterocycles. The van der Waals surface area contributed by atoms with E-state index < -0.39 is 0 Å². The number of nitrogens with one attached hydrogen (secondary N) is 2. The number of carbonyl (C=O) groups is 2. The summed E-state index contributed by atoms with van der Waals surface area (Å²) in [4.78, 5) is 23.6. The Hall–Kier alpha value is -2.14. The second-order valence-electron chi connectivity index (χ2n) is 4.30. The van der Waals surface area contributed by atoms with E-state index in [-0.39, 0.29) is 11.8 Å². The number of nitrogens with two attached hydrogens (primary N) is 1. The van der Waals surface area contributed by atoms with Gasteiger partial charge < -0.3 is 16.4 Å². The molecule has 0 aliphatic carbocycles. The topological polar surface area (TPSA) is 84.2 Å². The lowest BCUT2D eigenvalue weighted by Crippen LogP contribution is -2.29. The highest BCUT2D eigenvalue weighted by atomic mass is 16.2. The SMILES string of the molecule is CC(C)=CC(=O)Nc1ccccc1C(=O)NCCN. The zero-order valence-electron chi connectivity index (χ0n) is 11.2. The fraction of sp³-hybridized carbons (Fsp3) is 0.286. The zero-order chi connectivity index (χ0) is 14.3. The molecule has 4 N–H and O–H groups in total. The molecule has 0 bridgehead atoms. The van der Waals surface area contributed by atoms with E-state index in [9.17, 15) is 9.59 Å². The highest BCUT2D eigenvalue weighted by Crippen LogP contribution is 2.15. The van der Waals surface area contributed by atoms with Crippen LogP contribution in [0.4, 0.5) is 5.69 Å². The van der Waals surface area contributed by atoms with Crippen LogP contribution in [0.3, 0.4) is 0 Å². The predicted molar refractivity (Wildman–Crippen MR) is 75.9 cm³/mol. The van der Waals surface area contributed by atoms with Gasteiger partial charge in [-0.2, -0.15) is 0 Å². The van der Waals surface area contributed by atoms with Crippen molar-refractivity contribution in [2.45, 2.75) is 13.8 Å². The first-order chi connectivity index (χ1) is 9.04. The van der Waals surface area contributed by atoms with Crippen LogP contribution in [0.25, 0.3) is 0 Å². The van der Waals surface area contributed by atoms with Crippen LogP contribution < -0.4 is 16.4 Å². The minimum atomic E-state index is -0.251. The number of allylic oxidation sites excluding steroid dienone is 1. The minimum absolute atomic E-state index is 0.251. The van der Waals surface area contributed by atoms with E-state index in [1.54, 1.807) is 24.3 Å². The van der Waals surface area contributed by atoms with Gasteiger partial charge in [0.2, 0.25) is 5.91 Å². The third kappa shape index (κ3) is 4.93. The zero-order valence-corrected chi connectivity index (χ0v) is 11.2. The molecule has 5 heteroatoms. The first-order valence-electron chi connectivity index (χ1n) is 6.07. The molecule has 0 saturated heterocycles. The lowest BCUT2D eigenvalue weighted by Gasteiger charge is -2.10. The Labute approximate surface area is 112 Å². The van der Waals surface area contributed by atoms with E-state index in [2.05, 4.69) is 10.6 Å². The molecule has 0 fully saturated rings. The van der Waals surface area contributed by atoms with Crippen LogP contribution in [-0.4, -0.2) is 24.9 Å². The number of anilines is 1. The summed E-state index contributed by atoms with van der Waals surface area (Å²) >= 11 is 0. The number of carbonyl (C=O) groups excluding carboxylic acids is 2. The standard InChI is InChI=1S/C14H19N3O2/c1-10(2)9-13(18)17-12-6-4-3-5-11(12)14(19)16-8-7-15/h3-6,9H,7-8,15H2,1-2H3,(H,16,19)(H,17,18). The predicted octanol–water partition coefficient (Wildman–Crippen LogP) is 1.28. The van der Waals surface area contributed by atoms with Crippen molar-refractivity contribution >= 4 is 17.5 Å². The maximum atomic E-state index is 11.9. The van der Waals surface area contributed by atoms with Crippen LogP contribution in [0.5, 0.6) is 0 Å². The Morgan fingerprint density at radius 3 is 2.58 bits per heavy atom. The van der Waals surface area contributed by atoms with Gasteiger partial charge in [-0.1, -0.05) is 17.7 Å². The van der Waals surface area contributed by atoms with Crippen LogP contribution in [0.2, 0.25) is 0 Å². The van der Waals surface area contributed by atoms with E-state index in [0.29, 0.717) is 24.3 Å².